The van der Waals surface area contributed by atoms with Crippen molar-refractivity contribution in [2.45, 2.75) is 25.3 Å². The van der Waals surface area contributed by atoms with Crippen LogP contribution in [0.4, 0.5) is 5.69 Å². The van der Waals surface area contributed by atoms with Gasteiger partial charge in [0.25, 0.3) is 5.91 Å². The van der Waals surface area contributed by atoms with Gasteiger partial charge in [-0.2, -0.15) is 0 Å². The molecule has 2 amide bonds. The van der Waals surface area contributed by atoms with Crippen LogP contribution in [-0.4, -0.2) is 30.4 Å². The van der Waals surface area contributed by atoms with Crippen LogP contribution in [-0.2, 0) is 14.4 Å². The van der Waals surface area contributed by atoms with Gasteiger partial charge in [0.1, 0.15) is 0 Å². The van der Waals surface area contributed by atoms with Crippen molar-refractivity contribution in [3.8, 4) is 0 Å². The van der Waals surface area contributed by atoms with Crippen molar-refractivity contribution in [1.29, 1.82) is 0 Å². The predicted octanol–water partition coefficient (Wildman–Crippen LogP) is -1.59. The maximum absolute atomic E-state index is 12.2. The van der Waals surface area contributed by atoms with Crippen LogP contribution in [0.15, 0.2) is 30.3 Å². The Hall–Kier alpha value is -2.21. The summed E-state index contributed by atoms with van der Waals surface area (Å²) >= 11 is 0. The number of carboxylic acids is 1. The normalized spacial score (nSPS) is 18.6. The highest BCUT2D eigenvalue weighted by Gasteiger charge is 2.41. The van der Waals surface area contributed by atoms with E-state index in [1.165, 1.54) is 4.90 Å². The Bertz CT molecular complexity index is 515. The number of rotatable bonds is 6. The Morgan fingerprint density at radius 1 is 1.30 bits per heavy atom. The number of carbonyl (C=O) groups excluding carboxylic acids is 3. The van der Waals surface area contributed by atoms with Gasteiger partial charge in [0, 0.05) is 12.4 Å². The number of aliphatic carboxylic acids is 1. The molecule has 1 atom stereocenters. The summed E-state index contributed by atoms with van der Waals surface area (Å²) in [7, 11) is 0. The zero-order valence-electron chi connectivity index (χ0n) is 11.0. The van der Waals surface area contributed by atoms with Gasteiger partial charge in [0.15, 0.2) is 6.04 Å². The van der Waals surface area contributed by atoms with E-state index in [-0.39, 0.29) is 24.7 Å². The van der Waals surface area contributed by atoms with E-state index in [2.05, 4.69) is 0 Å². The van der Waals surface area contributed by atoms with Crippen LogP contribution in [0.2, 0.25) is 0 Å². The van der Waals surface area contributed by atoms with E-state index in [4.69, 9.17) is 0 Å². The molecule has 1 heterocycles. The molecule has 0 spiro atoms. The summed E-state index contributed by atoms with van der Waals surface area (Å²) in [6, 6.07) is 8.34. The molecule has 2 rings (SSSR count). The van der Waals surface area contributed by atoms with Gasteiger partial charge in [0.05, 0.1) is 18.7 Å². The van der Waals surface area contributed by atoms with Crippen LogP contribution in [0.1, 0.15) is 19.3 Å². The van der Waals surface area contributed by atoms with Gasteiger partial charge in [-0.05, 0) is 18.6 Å². The average Bonchev–Trinajstić information content (AvgIpc) is 2.70. The lowest BCUT2D eigenvalue weighted by molar-refractivity contribution is -0.674. The number of quaternary nitrogens is 1. The molecule has 0 unspecified atom stereocenters. The number of nitrogens with zero attached hydrogens (tertiary/aromatic N) is 1. The summed E-state index contributed by atoms with van der Waals surface area (Å²) in [5.74, 6) is -1.56. The fourth-order valence-electron chi connectivity index (χ4n) is 2.25. The summed E-state index contributed by atoms with van der Waals surface area (Å²) < 4.78 is 0. The third kappa shape index (κ3) is 3.21. The van der Waals surface area contributed by atoms with E-state index in [1.807, 2.05) is 6.07 Å². The van der Waals surface area contributed by atoms with E-state index in [9.17, 15) is 19.5 Å². The van der Waals surface area contributed by atoms with Crippen molar-refractivity contribution < 1.29 is 24.8 Å². The number of anilines is 1. The summed E-state index contributed by atoms with van der Waals surface area (Å²) in [5.41, 5.74) is 0.577. The van der Waals surface area contributed by atoms with Gasteiger partial charge in [0.2, 0.25) is 5.91 Å². The molecule has 0 saturated carbocycles. The van der Waals surface area contributed by atoms with Gasteiger partial charge in [-0.1, -0.05) is 18.2 Å². The van der Waals surface area contributed by atoms with Crippen molar-refractivity contribution in [2.75, 3.05) is 11.4 Å². The maximum Gasteiger partial charge on any atom is 0.292 e. The molecule has 0 radical (unpaired) electrons. The van der Waals surface area contributed by atoms with Crippen molar-refractivity contribution in [3.05, 3.63) is 30.3 Å². The highest BCUT2D eigenvalue weighted by molar-refractivity contribution is 6.21. The summed E-state index contributed by atoms with van der Waals surface area (Å²) in [6.07, 6.45) is 0.540. The van der Waals surface area contributed by atoms with Gasteiger partial charge < -0.3 is 15.2 Å². The Morgan fingerprint density at radius 3 is 2.65 bits per heavy atom. The van der Waals surface area contributed by atoms with Gasteiger partial charge in [-0.3, -0.25) is 9.59 Å². The predicted molar refractivity (Wildman–Crippen MR) is 68.4 cm³/mol. The Morgan fingerprint density at radius 2 is 2.00 bits per heavy atom. The Kier molecular flexibility index (Phi) is 4.47. The first kappa shape index (κ1) is 14.2. The minimum Gasteiger partial charge on any atom is -0.550 e. The fraction of sp³-hybridized carbons (Fsp3) is 0.357. The second kappa shape index (κ2) is 6.29. The lowest BCUT2D eigenvalue weighted by atomic mass is 10.2. The van der Waals surface area contributed by atoms with Crippen molar-refractivity contribution in [2.24, 2.45) is 0 Å². The molecule has 1 aliphatic heterocycles. The molecule has 106 valence electrons. The number of benzene rings is 1. The van der Waals surface area contributed by atoms with Crippen LogP contribution < -0.4 is 15.3 Å². The van der Waals surface area contributed by atoms with E-state index in [1.54, 1.807) is 29.6 Å². The smallest absolute Gasteiger partial charge is 0.292 e. The molecular weight excluding hydrogens is 260 g/mol. The molecule has 1 aromatic rings. The van der Waals surface area contributed by atoms with Crippen LogP contribution in [0, 0.1) is 0 Å². The SMILES string of the molecule is O=C([O-])CCC[NH2+][C@@H]1CC(=O)N(c2ccccc2)C1=O. The molecule has 0 aliphatic carbocycles. The standard InChI is InChI=1S/C14H16N2O4/c17-12-9-11(15-8-4-7-13(18)19)14(20)16(12)10-5-2-1-3-6-10/h1-3,5-6,11,15H,4,7-9H2,(H,18,19)/t11-/m1/s1. The number of nitrogens with two attached hydrogens (primary N) is 1. The lowest BCUT2D eigenvalue weighted by Crippen LogP contribution is -2.91. The highest BCUT2D eigenvalue weighted by atomic mass is 16.4. The molecule has 6 heteroatoms. The second-order valence-corrected chi connectivity index (χ2v) is 4.71. The van der Waals surface area contributed by atoms with Crippen molar-refractivity contribution >= 4 is 23.5 Å². The number of amides is 2. The molecule has 2 N–H and O–H groups in total. The second-order valence-electron chi connectivity index (χ2n) is 4.71. The molecular formula is C14H16N2O4. The molecule has 20 heavy (non-hydrogen) atoms. The van der Waals surface area contributed by atoms with E-state index >= 15 is 0 Å². The van der Waals surface area contributed by atoms with Crippen LogP contribution in [0.25, 0.3) is 0 Å². The largest absolute Gasteiger partial charge is 0.550 e. The lowest BCUT2D eigenvalue weighted by Gasteiger charge is -2.13. The molecule has 0 aromatic heterocycles. The molecule has 0 bridgehead atoms. The summed E-state index contributed by atoms with van der Waals surface area (Å²) in [5, 5.41) is 12.0. The van der Waals surface area contributed by atoms with Crippen molar-refractivity contribution in [1.82, 2.24) is 0 Å². The molecule has 1 aliphatic rings. The van der Waals surface area contributed by atoms with Gasteiger partial charge in [-0.25, -0.2) is 4.90 Å². The number of hydrogen-bond donors (Lipinski definition) is 1. The minimum atomic E-state index is -1.10. The first-order valence-corrected chi connectivity index (χ1v) is 6.54. The zero-order chi connectivity index (χ0) is 14.5. The molecule has 1 aromatic carbocycles. The maximum atomic E-state index is 12.2. The number of imide groups is 1. The minimum absolute atomic E-state index is 0.0340. The van der Waals surface area contributed by atoms with Crippen LogP contribution >= 0.6 is 0 Å². The first-order valence-electron chi connectivity index (χ1n) is 6.54. The zero-order valence-corrected chi connectivity index (χ0v) is 11.0. The number of hydrogen-bond acceptors (Lipinski definition) is 4. The average molecular weight is 276 g/mol. The third-order valence-electron chi connectivity index (χ3n) is 3.23. The van der Waals surface area contributed by atoms with Crippen molar-refractivity contribution in [3.63, 3.8) is 0 Å². The fourth-order valence-corrected chi connectivity index (χ4v) is 2.25. The monoisotopic (exact) mass is 276 g/mol. The number of carbonyl (C=O) groups is 3. The van der Waals surface area contributed by atoms with E-state index in [0.29, 0.717) is 18.7 Å². The Labute approximate surface area is 116 Å². The highest BCUT2D eigenvalue weighted by Crippen LogP contribution is 2.20. The summed E-state index contributed by atoms with van der Waals surface area (Å²) in [4.78, 5) is 35.6. The first-order chi connectivity index (χ1) is 9.59. The molecule has 1 saturated heterocycles. The quantitative estimate of drug-likeness (QED) is 0.501. The third-order valence-corrected chi connectivity index (χ3v) is 3.23. The number of para-hydroxylation sites is 1. The number of carboxylic acid groups (broad SMARTS) is 1. The van der Waals surface area contributed by atoms with Gasteiger partial charge in [-0.15, -0.1) is 0 Å². The van der Waals surface area contributed by atoms with Crippen LogP contribution in [0.3, 0.4) is 0 Å². The van der Waals surface area contributed by atoms with Gasteiger partial charge >= 0.3 is 0 Å². The Balaban J connectivity index is 1.94. The topological polar surface area (TPSA) is 94.1 Å². The molecule has 1 fully saturated rings. The van der Waals surface area contributed by atoms with E-state index < -0.39 is 12.0 Å². The molecule has 6 nitrogen and oxygen atoms in total. The van der Waals surface area contributed by atoms with E-state index in [0.717, 1.165) is 0 Å². The summed E-state index contributed by atoms with van der Waals surface area (Å²) in [6.45, 7) is 0.486. The van der Waals surface area contributed by atoms with Crippen LogP contribution in [0.5, 0.6) is 0 Å².